The lowest BCUT2D eigenvalue weighted by molar-refractivity contribution is 0.0965. The summed E-state index contributed by atoms with van der Waals surface area (Å²) in [5, 5.41) is 3.81. The molecule has 1 heterocycles. The van der Waals surface area contributed by atoms with Crippen LogP contribution in [0.3, 0.4) is 0 Å². The third kappa shape index (κ3) is 2.09. The predicted octanol–water partition coefficient (Wildman–Crippen LogP) is 5.14. The summed E-state index contributed by atoms with van der Waals surface area (Å²) in [5.74, 6) is -0.0528. The third-order valence-corrected chi connectivity index (χ3v) is 4.11. The van der Waals surface area contributed by atoms with Crippen molar-refractivity contribution in [2.24, 2.45) is 0 Å². The van der Waals surface area contributed by atoms with Crippen molar-refractivity contribution in [3.63, 3.8) is 0 Å². The molecular weight excluding hydrogens is 294 g/mol. The van der Waals surface area contributed by atoms with Crippen molar-refractivity contribution in [2.45, 2.75) is 0 Å². The molecule has 22 heavy (non-hydrogen) atoms. The van der Waals surface area contributed by atoms with Crippen LogP contribution in [0, 0.1) is 0 Å². The Morgan fingerprint density at radius 3 is 2.45 bits per heavy atom. The highest BCUT2D eigenvalue weighted by Crippen LogP contribution is 2.22. The number of carbonyl (C=O) groups excluding carboxylic acids is 1. The van der Waals surface area contributed by atoms with Gasteiger partial charge in [-0.15, -0.1) is 0 Å². The molecule has 0 atom stereocenters. The highest BCUT2D eigenvalue weighted by atomic mass is 35.5. The lowest BCUT2D eigenvalue weighted by Crippen LogP contribution is -2.10. The summed E-state index contributed by atoms with van der Waals surface area (Å²) in [6.45, 7) is 0. The van der Waals surface area contributed by atoms with E-state index in [2.05, 4.69) is 0 Å². The second-order valence-electron chi connectivity index (χ2n) is 5.26. The largest absolute Gasteiger partial charge is 0.283 e. The Labute approximate surface area is 132 Å². The van der Waals surface area contributed by atoms with Gasteiger partial charge in [0.1, 0.15) is 0 Å². The van der Waals surface area contributed by atoms with Gasteiger partial charge in [0.15, 0.2) is 0 Å². The van der Waals surface area contributed by atoms with Gasteiger partial charge in [0.25, 0.3) is 5.91 Å². The average molecular weight is 306 g/mol. The van der Waals surface area contributed by atoms with E-state index in [1.54, 1.807) is 10.8 Å². The van der Waals surface area contributed by atoms with Crippen LogP contribution in [0.2, 0.25) is 5.02 Å². The predicted molar refractivity (Wildman–Crippen MR) is 90.6 cm³/mol. The number of halogens is 1. The molecule has 1 aromatic heterocycles. The van der Waals surface area contributed by atoms with Crippen LogP contribution in [0.1, 0.15) is 10.4 Å². The topological polar surface area (TPSA) is 22.0 Å². The molecule has 0 radical (unpaired) electrons. The van der Waals surface area contributed by atoms with Crippen molar-refractivity contribution in [2.75, 3.05) is 0 Å². The smallest absolute Gasteiger partial charge is 0.262 e. The van der Waals surface area contributed by atoms with Crippen LogP contribution in [0.4, 0.5) is 0 Å². The van der Waals surface area contributed by atoms with E-state index in [9.17, 15) is 4.79 Å². The van der Waals surface area contributed by atoms with Gasteiger partial charge in [0, 0.05) is 22.2 Å². The van der Waals surface area contributed by atoms with Crippen molar-refractivity contribution < 1.29 is 4.79 Å². The van der Waals surface area contributed by atoms with Crippen molar-refractivity contribution in [3.05, 3.63) is 83.5 Å². The molecule has 0 bridgehead atoms. The normalized spacial score (nSPS) is 11.1. The summed E-state index contributed by atoms with van der Waals surface area (Å²) in [5.41, 5.74) is 1.49. The van der Waals surface area contributed by atoms with Gasteiger partial charge in [-0.3, -0.25) is 9.36 Å². The van der Waals surface area contributed by atoms with Gasteiger partial charge in [0.2, 0.25) is 0 Å². The third-order valence-electron chi connectivity index (χ3n) is 3.87. The fraction of sp³-hybridized carbons (Fsp3) is 0. The first-order chi connectivity index (χ1) is 10.7. The van der Waals surface area contributed by atoms with Crippen molar-refractivity contribution in [3.8, 4) is 0 Å². The zero-order valence-corrected chi connectivity index (χ0v) is 12.4. The molecule has 3 aromatic carbocycles. The summed E-state index contributed by atoms with van der Waals surface area (Å²) in [4.78, 5) is 12.8. The van der Waals surface area contributed by atoms with E-state index in [-0.39, 0.29) is 5.91 Å². The molecule has 106 valence electrons. The fourth-order valence-electron chi connectivity index (χ4n) is 2.74. The molecule has 4 rings (SSSR count). The maximum atomic E-state index is 12.8. The van der Waals surface area contributed by atoms with E-state index in [4.69, 9.17) is 11.6 Å². The van der Waals surface area contributed by atoms with E-state index in [0.29, 0.717) is 10.6 Å². The van der Waals surface area contributed by atoms with Crippen molar-refractivity contribution >= 4 is 39.2 Å². The van der Waals surface area contributed by atoms with Gasteiger partial charge in [-0.2, -0.15) is 0 Å². The van der Waals surface area contributed by atoms with Gasteiger partial charge in [-0.1, -0.05) is 48.0 Å². The average Bonchev–Trinajstić information content (AvgIpc) is 2.96. The molecule has 0 aliphatic rings. The lowest BCUT2D eigenvalue weighted by atomic mass is 10.1. The molecule has 0 fully saturated rings. The highest BCUT2D eigenvalue weighted by Gasteiger charge is 2.12. The van der Waals surface area contributed by atoms with Crippen molar-refractivity contribution in [1.82, 2.24) is 4.57 Å². The molecule has 2 nitrogen and oxygen atoms in total. The first kappa shape index (κ1) is 13.1. The number of benzene rings is 3. The van der Waals surface area contributed by atoms with Gasteiger partial charge in [-0.25, -0.2) is 0 Å². The minimum absolute atomic E-state index is 0.0528. The minimum atomic E-state index is -0.0528. The number of fused-ring (bicyclic) bond motifs is 2. The Kier molecular flexibility index (Phi) is 2.98. The molecule has 0 saturated heterocycles. The minimum Gasteiger partial charge on any atom is -0.283 e. The van der Waals surface area contributed by atoms with E-state index in [0.717, 1.165) is 21.7 Å². The zero-order chi connectivity index (χ0) is 15.1. The summed E-state index contributed by atoms with van der Waals surface area (Å²) in [6, 6.07) is 21.3. The summed E-state index contributed by atoms with van der Waals surface area (Å²) >= 11 is 6.05. The summed E-state index contributed by atoms with van der Waals surface area (Å²) in [6.07, 6.45) is 1.79. The van der Waals surface area contributed by atoms with Gasteiger partial charge in [-0.05, 0) is 41.1 Å². The molecule has 4 aromatic rings. The maximum absolute atomic E-state index is 12.8. The Bertz CT molecular complexity index is 1020. The monoisotopic (exact) mass is 305 g/mol. The zero-order valence-electron chi connectivity index (χ0n) is 11.7. The van der Waals surface area contributed by atoms with E-state index < -0.39 is 0 Å². The maximum Gasteiger partial charge on any atom is 0.262 e. The Morgan fingerprint density at radius 1 is 0.818 bits per heavy atom. The molecule has 0 saturated carbocycles. The Balaban J connectivity index is 1.86. The van der Waals surface area contributed by atoms with Gasteiger partial charge >= 0.3 is 0 Å². The quantitative estimate of drug-likeness (QED) is 0.477. The van der Waals surface area contributed by atoms with Crippen LogP contribution >= 0.6 is 11.6 Å². The van der Waals surface area contributed by atoms with Crippen LogP contribution in [-0.2, 0) is 0 Å². The fourth-order valence-corrected chi connectivity index (χ4v) is 2.91. The van der Waals surface area contributed by atoms with Gasteiger partial charge in [0.05, 0.1) is 5.52 Å². The summed E-state index contributed by atoms with van der Waals surface area (Å²) in [7, 11) is 0. The number of aromatic nitrogens is 1. The number of carbonyl (C=O) groups is 1. The van der Waals surface area contributed by atoms with E-state index >= 15 is 0 Å². The van der Waals surface area contributed by atoms with E-state index in [1.807, 2.05) is 66.7 Å². The number of nitrogens with zero attached hydrogens (tertiary/aromatic N) is 1. The van der Waals surface area contributed by atoms with Crippen LogP contribution in [-0.4, -0.2) is 10.5 Å². The second kappa shape index (κ2) is 5.00. The molecule has 0 aliphatic heterocycles. The van der Waals surface area contributed by atoms with Crippen LogP contribution in [0.15, 0.2) is 72.9 Å². The number of hydrogen-bond acceptors (Lipinski definition) is 1. The first-order valence-electron chi connectivity index (χ1n) is 7.02. The molecule has 0 aliphatic carbocycles. The number of rotatable bonds is 1. The second-order valence-corrected chi connectivity index (χ2v) is 5.69. The van der Waals surface area contributed by atoms with Crippen molar-refractivity contribution in [1.29, 1.82) is 0 Å². The van der Waals surface area contributed by atoms with Crippen LogP contribution in [0.25, 0.3) is 21.7 Å². The van der Waals surface area contributed by atoms with Gasteiger partial charge < -0.3 is 0 Å². The molecule has 0 spiro atoms. The Hall–Kier alpha value is -2.58. The summed E-state index contributed by atoms with van der Waals surface area (Å²) < 4.78 is 1.64. The number of hydrogen-bond donors (Lipinski definition) is 0. The first-order valence-corrected chi connectivity index (χ1v) is 7.40. The van der Waals surface area contributed by atoms with Crippen LogP contribution < -0.4 is 0 Å². The standard InChI is InChI=1S/C19H12ClNO/c20-17-8-7-14-9-10-21(18(14)12-17)19(22)16-6-5-13-3-1-2-4-15(13)11-16/h1-12H. The highest BCUT2D eigenvalue weighted by molar-refractivity contribution is 6.31. The molecule has 0 N–H and O–H groups in total. The Morgan fingerprint density at radius 2 is 1.59 bits per heavy atom. The molecule has 0 unspecified atom stereocenters. The van der Waals surface area contributed by atoms with E-state index in [1.165, 1.54) is 0 Å². The lowest BCUT2D eigenvalue weighted by Gasteiger charge is -2.06. The molecular formula is C19H12ClNO. The SMILES string of the molecule is O=C(c1ccc2ccccc2c1)n1ccc2ccc(Cl)cc21. The van der Waals surface area contributed by atoms with Crippen LogP contribution in [0.5, 0.6) is 0 Å². The molecule has 0 amide bonds. The molecule has 3 heteroatoms.